The molecule has 1 saturated heterocycles. The van der Waals surface area contributed by atoms with E-state index in [2.05, 4.69) is 19.1 Å². The molecule has 0 radical (unpaired) electrons. The zero-order valence-electron chi connectivity index (χ0n) is 16.1. The van der Waals surface area contributed by atoms with Crippen LogP contribution in [-0.4, -0.2) is 36.5 Å². The lowest BCUT2D eigenvalue weighted by Crippen LogP contribution is -2.40. The summed E-state index contributed by atoms with van der Waals surface area (Å²) in [7, 11) is 0. The third kappa shape index (κ3) is 5.35. The molecule has 1 heterocycles. The van der Waals surface area contributed by atoms with Crippen LogP contribution in [0.1, 0.15) is 48.0 Å². The number of carbonyl (C=O) groups excluding carboxylic acids is 2. The van der Waals surface area contributed by atoms with Gasteiger partial charge in [0.25, 0.3) is 0 Å². The Kier molecular flexibility index (Phi) is 7.10. The summed E-state index contributed by atoms with van der Waals surface area (Å²) in [5.74, 6) is 0.418. The number of amides is 1. The van der Waals surface area contributed by atoms with Gasteiger partial charge in [0, 0.05) is 29.6 Å². The number of carbonyl (C=O) groups is 2. The van der Waals surface area contributed by atoms with Gasteiger partial charge in [-0.15, -0.1) is 0 Å². The zero-order valence-corrected chi connectivity index (χ0v) is 16.9. The number of hydrogen-bond acceptors (Lipinski definition) is 3. The summed E-state index contributed by atoms with van der Waals surface area (Å²) >= 11 is 5.88. The summed E-state index contributed by atoms with van der Waals surface area (Å²) in [5.41, 5.74) is 1.93. The number of Topliss-reactive ketones (excluding diaryl/α,β-unsaturated/α-hetero) is 1. The molecule has 28 heavy (non-hydrogen) atoms. The van der Waals surface area contributed by atoms with E-state index in [9.17, 15) is 9.59 Å². The number of rotatable bonds is 6. The Morgan fingerprint density at radius 1 is 1.07 bits per heavy atom. The van der Waals surface area contributed by atoms with Crippen molar-refractivity contribution in [2.24, 2.45) is 5.92 Å². The summed E-state index contributed by atoms with van der Waals surface area (Å²) in [6.07, 6.45) is 1.84. The van der Waals surface area contributed by atoms with E-state index in [1.54, 1.807) is 29.2 Å². The second kappa shape index (κ2) is 9.74. The van der Waals surface area contributed by atoms with Gasteiger partial charge in [-0.2, -0.15) is 0 Å². The molecule has 1 fully saturated rings. The molecular formula is C23H26ClNO3. The van der Waals surface area contributed by atoms with E-state index in [1.165, 1.54) is 5.56 Å². The van der Waals surface area contributed by atoms with Crippen molar-refractivity contribution in [3.05, 3.63) is 70.7 Å². The summed E-state index contributed by atoms with van der Waals surface area (Å²) in [5, 5.41) is 0.621. The molecule has 0 aromatic heterocycles. The van der Waals surface area contributed by atoms with Crippen LogP contribution in [0.5, 0.6) is 0 Å². The third-order valence-electron chi connectivity index (χ3n) is 5.40. The van der Waals surface area contributed by atoms with E-state index in [4.69, 9.17) is 16.3 Å². The van der Waals surface area contributed by atoms with Crippen LogP contribution in [0.15, 0.2) is 54.6 Å². The average Bonchev–Trinajstić information content (AvgIpc) is 2.74. The van der Waals surface area contributed by atoms with Crippen molar-refractivity contribution in [2.75, 3.05) is 19.7 Å². The number of ketones is 1. The fraction of sp³-hybridized carbons (Fsp3) is 0.391. The first-order valence-electron chi connectivity index (χ1n) is 9.81. The Morgan fingerprint density at radius 2 is 1.71 bits per heavy atom. The van der Waals surface area contributed by atoms with Gasteiger partial charge in [-0.1, -0.05) is 48.9 Å². The van der Waals surface area contributed by atoms with Crippen LogP contribution in [0, 0.1) is 5.92 Å². The first-order valence-corrected chi connectivity index (χ1v) is 10.2. The molecule has 1 amide bonds. The molecule has 2 aromatic rings. The van der Waals surface area contributed by atoms with Crippen molar-refractivity contribution >= 4 is 23.5 Å². The van der Waals surface area contributed by atoms with E-state index in [0.29, 0.717) is 49.0 Å². The van der Waals surface area contributed by atoms with Crippen molar-refractivity contribution in [3.8, 4) is 0 Å². The molecule has 1 unspecified atom stereocenters. The largest absolute Gasteiger partial charge is 0.449 e. The molecule has 0 N–H and O–H groups in total. The highest BCUT2D eigenvalue weighted by Gasteiger charge is 2.28. The van der Waals surface area contributed by atoms with Crippen molar-refractivity contribution in [3.63, 3.8) is 0 Å². The van der Waals surface area contributed by atoms with Gasteiger partial charge < -0.3 is 9.64 Å². The molecule has 5 heteroatoms. The minimum Gasteiger partial charge on any atom is -0.449 e. The Labute approximate surface area is 171 Å². The Balaban J connectivity index is 1.41. The second-order valence-electron chi connectivity index (χ2n) is 7.35. The summed E-state index contributed by atoms with van der Waals surface area (Å²) in [6, 6.07) is 17.2. The summed E-state index contributed by atoms with van der Waals surface area (Å²) in [6.45, 7) is 3.64. The van der Waals surface area contributed by atoms with Crippen LogP contribution in [-0.2, 0) is 4.74 Å². The Hall–Kier alpha value is -2.33. The molecule has 4 nitrogen and oxygen atoms in total. The van der Waals surface area contributed by atoms with E-state index < -0.39 is 0 Å². The predicted octanol–water partition coefficient (Wildman–Crippen LogP) is 5.57. The molecular weight excluding hydrogens is 374 g/mol. The van der Waals surface area contributed by atoms with Gasteiger partial charge in [0.05, 0.1) is 6.61 Å². The number of halogens is 1. The average molecular weight is 400 g/mol. The predicted molar refractivity (Wildman–Crippen MR) is 111 cm³/mol. The van der Waals surface area contributed by atoms with Gasteiger partial charge in [0.2, 0.25) is 0 Å². The molecule has 2 aromatic carbocycles. The molecule has 1 atom stereocenters. The first kappa shape index (κ1) is 20.4. The van der Waals surface area contributed by atoms with Crippen LogP contribution >= 0.6 is 11.6 Å². The van der Waals surface area contributed by atoms with Crippen molar-refractivity contribution in [1.82, 2.24) is 4.90 Å². The molecule has 148 valence electrons. The molecule has 1 aliphatic rings. The van der Waals surface area contributed by atoms with Crippen molar-refractivity contribution < 1.29 is 14.3 Å². The molecule has 1 aliphatic heterocycles. The standard InChI is InChI=1S/C23H26ClNO3/c1-17(18-5-3-2-4-6-18)13-16-28-23(27)25-14-11-20(12-15-25)22(26)19-7-9-21(24)10-8-19/h2-10,17,20H,11-16H2,1H3. The fourth-order valence-corrected chi connectivity index (χ4v) is 3.66. The summed E-state index contributed by atoms with van der Waals surface area (Å²) in [4.78, 5) is 26.6. The SMILES string of the molecule is CC(CCOC(=O)N1CCC(C(=O)c2ccc(Cl)cc2)CC1)c1ccccc1. The molecule has 0 aliphatic carbocycles. The van der Waals surface area contributed by atoms with Crippen molar-refractivity contribution in [1.29, 1.82) is 0 Å². The Bertz CT molecular complexity index is 783. The highest BCUT2D eigenvalue weighted by Crippen LogP contribution is 2.23. The van der Waals surface area contributed by atoms with Crippen LogP contribution in [0.4, 0.5) is 4.79 Å². The summed E-state index contributed by atoms with van der Waals surface area (Å²) < 4.78 is 5.45. The lowest BCUT2D eigenvalue weighted by Gasteiger charge is -2.30. The van der Waals surface area contributed by atoms with Crippen LogP contribution < -0.4 is 0 Å². The number of benzene rings is 2. The van der Waals surface area contributed by atoms with Crippen LogP contribution in [0.2, 0.25) is 5.02 Å². The molecule has 3 rings (SSSR count). The molecule has 0 bridgehead atoms. The normalized spacial score (nSPS) is 15.9. The van der Waals surface area contributed by atoms with Gasteiger partial charge in [-0.3, -0.25) is 4.79 Å². The number of likely N-dealkylation sites (tertiary alicyclic amines) is 1. The fourth-order valence-electron chi connectivity index (χ4n) is 3.54. The van der Waals surface area contributed by atoms with Crippen molar-refractivity contribution in [2.45, 2.75) is 32.1 Å². The lowest BCUT2D eigenvalue weighted by atomic mass is 9.89. The number of hydrogen-bond donors (Lipinski definition) is 0. The second-order valence-corrected chi connectivity index (χ2v) is 7.78. The molecule has 0 spiro atoms. The van der Waals surface area contributed by atoms with E-state index in [0.717, 1.165) is 6.42 Å². The number of piperidine rings is 1. The quantitative estimate of drug-likeness (QED) is 0.597. The van der Waals surface area contributed by atoms with Gasteiger partial charge >= 0.3 is 6.09 Å². The number of nitrogens with zero attached hydrogens (tertiary/aromatic N) is 1. The van der Waals surface area contributed by atoms with Crippen LogP contribution in [0.3, 0.4) is 0 Å². The topological polar surface area (TPSA) is 46.6 Å². The van der Waals surface area contributed by atoms with E-state index >= 15 is 0 Å². The monoisotopic (exact) mass is 399 g/mol. The lowest BCUT2D eigenvalue weighted by molar-refractivity contribution is 0.0729. The van der Waals surface area contributed by atoms with Gasteiger partial charge in [-0.25, -0.2) is 4.79 Å². The smallest absolute Gasteiger partial charge is 0.409 e. The first-order chi connectivity index (χ1) is 13.5. The minimum absolute atomic E-state index is 0.0525. The van der Waals surface area contributed by atoms with Crippen LogP contribution in [0.25, 0.3) is 0 Å². The van der Waals surface area contributed by atoms with Gasteiger partial charge in [-0.05, 0) is 55.0 Å². The minimum atomic E-state index is -0.280. The van der Waals surface area contributed by atoms with Gasteiger partial charge in [0.1, 0.15) is 0 Å². The van der Waals surface area contributed by atoms with Gasteiger partial charge in [0.15, 0.2) is 5.78 Å². The maximum Gasteiger partial charge on any atom is 0.409 e. The number of ether oxygens (including phenoxy) is 1. The highest BCUT2D eigenvalue weighted by atomic mass is 35.5. The molecule has 0 saturated carbocycles. The highest BCUT2D eigenvalue weighted by molar-refractivity contribution is 6.30. The third-order valence-corrected chi connectivity index (χ3v) is 5.65. The maximum atomic E-state index is 12.6. The van der Waals surface area contributed by atoms with E-state index in [-0.39, 0.29) is 17.8 Å². The Morgan fingerprint density at radius 3 is 2.36 bits per heavy atom. The van der Waals surface area contributed by atoms with E-state index in [1.807, 2.05) is 18.2 Å². The maximum absolute atomic E-state index is 12.6. The zero-order chi connectivity index (χ0) is 19.9.